The molecule has 1 N–H and O–H groups in total. The second-order valence-corrected chi connectivity index (χ2v) is 4.40. The zero-order valence-electron chi connectivity index (χ0n) is 10.7. The molecule has 0 spiro atoms. The Balaban J connectivity index is 2.23. The molecule has 1 aliphatic heterocycles. The Labute approximate surface area is 117 Å². The van der Waals surface area contributed by atoms with Crippen molar-refractivity contribution >= 4 is 17.6 Å². The number of hydrogen-bond acceptors (Lipinski definition) is 5. The zero-order valence-corrected chi connectivity index (χ0v) is 10.7. The molecule has 1 atom stereocenters. The van der Waals surface area contributed by atoms with Crippen molar-refractivity contribution in [3.05, 3.63) is 39.7 Å². The minimum Gasteiger partial charge on any atom is -0.479 e. The van der Waals surface area contributed by atoms with Crippen LogP contribution >= 0.6 is 0 Å². The van der Waals surface area contributed by atoms with E-state index in [4.69, 9.17) is 9.84 Å². The lowest BCUT2D eigenvalue weighted by atomic mass is 10.1. The molecule has 1 heterocycles. The quantitative estimate of drug-likeness (QED) is 0.648. The van der Waals surface area contributed by atoms with Crippen LogP contribution in [0.15, 0.2) is 18.2 Å². The van der Waals surface area contributed by atoms with E-state index < -0.39 is 34.4 Å². The predicted molar refractivity (Wildman–Crippen MR) is 66.3 cm³/mol. The average molecular weight is 298 g/mol. The molecule has 1 aromatic carbocycles. The van der Waals surface area contributed by atoms with E-state index in [2.05, 4.69) is 0 Å². The number of hydrogen-bond donors (Lipinski definition) is 1. The summed E-state index contributed by atoms with van der Waals surface area (Å²) in [5.74, 6) is -2.79. The topological polar surface area (TPSA) is 110 Å². The lowest BCUT2D eigenvalue weighted by Gasteiger charge is -2.30. The number of carboxylic acids is 1. The van der Waals surface area contributed by atoms with Crippen molar-refractivity contribution < 1.29 is 28.7 Å². The molecule has 0 saturated carbocycles. The third kappa shape index (κ3) is 3.31. The molecule has 8 nitrogen and oxygen atoms in total. The van der Waals surface area contributed by atoms with E-state index in [0.29, 0.717) is 6.07 Å². The van der Waals surface area contributed by atoms with Gasteiger partial charge in [-0.3, -0.25) is 14.9 Å². The first-order valence-electron chi connectivity index (χ1n) is 5.97. The van der Waals surface area contributed by atoms with Gasteiger partial charge < -0.3 is 14.7 Å². The fraction of sp³-hybridized carbons (Fsp3) is 0.333. The van der Waals surface area contributed by atoms with Crippen molar-refractivity contribution in [2.45, 2.75) is 6.10 Å². The highest BCUT2D eigenvalue weighted by Gasteiger charge is 2.30. The third-order valence-corrected chi connectivity index (χ3v) is 2.97. The van der Waals surface area contributed by atoms with Gasteiger partial charge in [0, 0.05) is 18.2 Å². The molecule has 1 amide bonds. The molecule has 1 aliphatic rings. The minimum absolute atomic E-state index is 0.0279. The van der Waals surface area contributed by atoms with Gasteiger partial charge in [0.05, 0.1) is 24.1 Å². The number of nitro groups is 1. The van der Waals surface area contributed by atoms with Crippen LogP contribution in [0.4, 0.5) is 10.1 Å². The smallest absolute Gasteiger partial charge is 0.334 e. The van der Waals surface area contributed by atoms with Crippen LogP contribution in [0.1, 0.15) is 10.4 Å². The van der Waals surface area contributed by atoms with Crippen molar-refractivity contribution in [1.82, 2.24) is 4.90 Å². The highest BCUT2D eigenvalue weighted by atomic mass is 19.1. The van der Waals surface area contributed by atoms with Gasteiger partial charge in [0.2, 0.25) is 0 Å². The molecule has 21 heavy (non-hydrogen) atoms. The Morgan fingerprint density at radius 3 is 2.76 bits per heavy atom. The first kappa shape index (κ1) is 14.9. The van der Waals surface area contributed by atoms with Crippen LogP contribution in [0.3, 0.4) is 0 Å². The van der Waals surface area contributed by atoms with Crippen LogP contribution in [0.5, 0.6) is 0 Å². The van der Waals surface area contributed by atoms with Crippen molar-refractivity contribution in [1.29, 1.82) is 0 Å². The standard InChI is InChI=1S/C12H11FN2O6/c13-8-3-7(4-9(5-8)15(19)20)11(16)14-1-2-21-10(6-14)12(17)18/h3-5,10H,1-2,6H2,(H,17,18). The summed E-state index contributed by atoms with van der Waals surface area (Å²) in [4.78, 5) is 34.1. The number of rotatable bonds is 3. The fourth-order valence-corrected chi connectivity index (χ4v) is 1.97. The Hall–Kier alpha value is -2.55. The number of nitro benzene ring substituents is 1. The van der Waals surface area contributed by atoms with E-state index in [-0.39, 0.29) is 25.3 Å². The number of morpholine rings is 1. The van der Waals surface area contributed by atoms with Gasteiger partial charge in [-0.1, -0.05) is 0 Å². The van der Waals surface area contributed by atoms with E-state index in [1.165, 1.54) is 4.90 Å². The molecule has 0 bridgehead atoms. The summed E-state index contributed by atoms with van der Waals surface area (Å²) in [6.07, 6.45) is -1.16. The van der Waals surface area contributed by atoms with Crippen LogP contribution in [0, 0.1) is 15.9 Å². The van der Waals surface area contributed by atoms with E-state index >= 15 is 0 Å². The first-order chi connectivity index (χ1) is 9.88. The Morgan fingerprint density at radius 2 is 2.14 bits per heavy atom. The van der Waals surface area contributed by atoms with E-state index in [1.807, 2.05) is 0 Å². The summed E-state index contributed by atoms with van der Waals surface area (Å²) < 4.78 is 18.3. The lowest BCUT2D eigenvalue weighted by Crippen LogP contribution is -2.48. The predicted octanol–water partition coefficient (Wildman–Crippen LogP) is 0.659. The highest BCUT2D eigenvalue weighted by molar-refractivity contribution is 5.95. The number of aliphatic carboxylic acids is 1. The Kier molecular flexibility index (Phi) is 4.13. The third-order valence-electron chi connectivity index (χ3n) is 2.97. The van der Waals surface area contributed by atoms with Crippen molar-refractivity contribution in [2.24, 2.45) is 0 Å². The molecule has 9 heteroatoms. The van der Waals surface area contributed by atoms with Gasteiger partial charge in [0.1, 0.15) is 5.82 Å². The van der Waals surface area contributed by atoms with Crippen LogP contribution in [0.25, 0.3) is 0 Å². The maximum absolute atomic E-state index is 13.3. The number of non-ortho nitro benzene ring substituents is 1. The summed E-state index contributed by atoms with van der Waals surface area (Å²) in [6.45, 7) is -0.0362. The molecule has 112 valence electrons. The van der Waals surface area contributed by atoms with Crippen LogP contribution < -0.4 is 0 Å². The summed E-state index contributed by atoms with van der Waals surface area (Å²) in [6, 6.07) is 2.54. The minimum atomic E-state index is -1.21. The molecule has 1 fully saturated rings. The zero-order chi connectivity index (χ0) is 15.6. The number of carbonyl (C=O) groups excluding carboxylic acids is 1. The molecule has 0 aliphatic carbocycles. The Bertz CT molecular complexity index is 605. The summed E-state index contributed by atoms with van der Waals surface area (Å²) in [5.41, 5.74) is -0.742. The van der Waals surface area contributed by atoms with Gasteiger partial charge in [-0.05, 0) is 6.07 Å². The molecule has 0 aromatic heterocycles. The molecular weight excluding hydrogens is 287 g/mol. The SMILES string of the molecule is O=C(O)C1CN(C(=O)c2cc(F)cc([N+](=O)[O-])c2)CCO1. The number of amides is 1. The number of carbonyl (C=O) groups is 2. The molecular formula is C12H11FN2O6. The summed E-state index contributed by atoms with van der Waals surface area (Å²) >= 11 is 0. The molecule has 1 unspecified atom stereocenters. The molecule has 2 rings (SSSR count). The van der Waals surface area contributed by atoms with E-state index in [9.17, 15) is 24.1 Å². The van der Waals surface area contributed by atoms with Crippen LogP contribution in [-0.4, -0.2) is 52.6 Å². The number of nitrogens with zero attached hydrogens (tertiary/aromatic N) is 2. The monoisotopic (exact) mass is 298 g/mol. The fourth-order valence-electron chi connectivity index (χ4n) is 1.97. The Morgan fingerprint density at radius 1 is 1.43 bits per heavy atom. The normalized spacial score (nSPS) is 18.3. The van der Waals surface area contributed by atoms with Gasteiger partial charge in [0.25, 0.3) is 11.6 Å². The number of benzene rings is 1. The number of halogens is 1. The summed E-state index contributed by atoms with van der Waals surface area (Å²) in [5, 5.41) is 19.5. The second-order valence-electron chi connectivity index (χ2n) is 4.40. The maximum Gasteiger partial charge on any atom is 0.334 e. The van der Waals surface area contributed by atoms with Gasteiger partial charge in [-0.15, -0.1) is 0 Å². The first-order valence-corrected chi connectivity index (χ1v) is 5.97. The highest BCUT2D eigenvalue weighted by Crippen LogP contribution is 2.19. The molecule has 1 saturated heterocycles. The largest absolute Gasteiger partial charge is 0.479 e. The van der Waals surface area contributed by atoms with Gasteiger partial charge >= 0.3 is 5.97 Å². The number of carboxylic acid groups (broad SMARTS) is 1. The summed E-state index contributed by atoms with van der Waals surface area (Å²) in [7, 11) is 0. The van der Waals surface area contributed by atoms with Gasteiger partial charge in [-0.2, -0.15) is 0 Å². The molecule has 1 aromatic rings. The lowest BCUT2D eigenvalue weighted by molar-refractivity contribution is -0.385. The average Bonchev–Trinajstić information content (AvgIpc) is 2.45. The van der Waals surface area contributed by atoms with Crippen molar-refractivity contribution in [3.63, 3.8) is 0 Å². The van der Waals surface area contributed by atoms with Gasteiger partial charge in [-0.25, -0.2) is 9.18 Å². The van der Waals surface area contributed by atoms with Gasteiger partial charge in [0.15, 0.2) is 6.10 Å². The molecule has 0 radical (unpaired) electrons. The van der Waals surface area contributed by atoms with E-state index in [1.54, 1.807) is 0 Å². The maximum atomic E-state index is 13.3. The van der Waals surface area contributed by atoms with Crippen molar-refractivity contribution in [2.75, 3.05) is 19.7 Å². The van der Waals surface area contributed by atoms with Crippen LogP contribution in [-0.2, 0) is 9.53 Å². The van der Waals surface area contributed by atoms with Crippen molar-refractivity contribution in [3.8, 4) is 0 Å². The van der Waals surface area contributed by atoms with E-state index in [0.717, 1.165) is 12.1 Å². The number of ether oxygens (including phenoxy) is 1. The van der Waals surface area contributed by atoms with Crippen LogP contribution in [0.2, 0.25) is 0 Å². The second kappa shape index (κ2) is 5.83.